The van der Waals surface area contributed by atoms with Gasteiger partial charge in [-0.25, -0.2) is 4.68 Å². The lowest BCUT2D eigenvalue weighted by atomic mass is 10.1. The molecule has 4 rings (SSSR count). The van der Waals surface area contributed by atoms with E-state index < -0.39 is 23.4 Å². The van der Waals surface area contributed by atoms with E-state index >= 15 is 0 Å². The van der Waals surface area contributed by atoms with Crippen LogP contribution in [0.3, 0.4) is 0 Å². The summed E-state index contributed by atoms with van der Waals surface area (Å²) in [5, 5.41) is 14.8. The van der Waals surface area contributed by atoms with E-state index in [2.05, 4.69) is 20.6 Å². The molecule has 8 nitrogen and oxygen atoms in total. The van der Waals surface area contributed by atoms with Crippen molar-refractivity contribution in [1.82, 2.24) is 29.7 Å². The summed E-state index contributed by atoms with van der Waals surface area (Å²) < 4.78 is 42.2. The number of aromatic nitrogens is 5. The average Bonchev–Trinajstić information content (AvgIpc) is 3.33. The van der Waals surface area contributed by atoms with Crippen LogP contribution in [0.15, 0.2) is 48.7 Å². The average molecular weight is 456 g/mol. The molecular weight excluding hydrogens is 437 g/mol. The van der Waals surface area contributed by atoms with Crippen LogP contribution in [0.2, 0.25) is 0 Å². The largest absolute Gasteiger partial charge is 0.416 e. The fourth-order valence-corrected chi connectivity index (χ4v) is 3.58. The summed E-state index contributed by atoms with van der Waals surface area (Å²) in [6.07, 6.45) is -2.36. The first-order valence-electron chi connectivity index (χ1n) is 10.0. The van der Waals surface area contributed by atoms with Gasteiger partial charge in [-0.15, -0.1) is 10.2 Å². The predicted molar refractivity (Wildman–Crippen MR) is 112 cm³/mol. The Kier molecular flexibility index (Phi) is 5.71. The molecule has 0 saturated heterocycles. The molecule has 0 aliphatic rings. The minimum Gasteiger partial charge on any atom is -0.349 e. The number of nitrogens with zero attached hydrogens (tertiary/aromatic N) is 5. The second kappa shape index (κ2) is 8.49. The molecule has 0 spiro atoms. The molecule has 4 aromatic rings. The molecular formula is C22H19F3N6O2. The number of rotatable bonds is 6. The van der Waals surface area contributed by atoms with Crippen molar-refractivity contribution in [1.29, 1.82) is 0 Å². The van der Waals surface area contributed by atoms with Gasteiger partial charge in [0.1, 0.15) is 5.82 Å². The molecule has 1 aromatic carbocycles. The van der Waals surface area contributed by atoms with Crippen molar-refractivity contribution in [2.24, 2.45) is 0 Å². The van der Waals surface area contributed by atoms with E-state index in [0.29, 0.717) is 17.9 Å². The van der Waals surface area contributed by atoms with Crippen LogP contribution in [0.1, 0.15) is 33.1 Å². The highest BCUT2D eigenvalue weighted by Gasteiger charge is 2.31. The summed E-state index contributed by atoms with van der Waals surface area (Å²) in [6, 6.07) is 10.1. The zero-order valence-corrected chi connectivity index (χ0v) is 17.7. The summed E-state index contributed by atoms with van der Waals surface area (Å²) in [7, 11) is 0. The fraction of sp³-hybridized carbons (Fsp3) is 0.227. The minimum absolute atomic E-state index is 0.0536. The van der Waals surface area contributed by atoms with Gasteiger partial charge in [-0.2, -0.15) is 18.3 Å². The number of pyridine rings is 1. The highest BCUT2D eigenvalue weighted by molar-refractivity contribution is 6.43. The Bertz CT molecular complexity index is 1360. The molecule has 170 valence electrons. The molecule has 1 N–H and O–H groups in total. The van der Waals surface area contributed by atoms with Gasteiger partial charge < -0.3 is 5.32 Å². The standard InChI is InChI=1S/C22H19F3N6O2/c1-13-19(14(2)31(29-13)16-7-5-6-15(12-16)22(23,24)25)20(32)21(33)26-10-9-18-28-27-17-8-3-4-11-30(17)18/h3-8,11-12H,9-10H2,1-2H3,(H,26,33). The number of fused-ring (bicyclic) bond motifs is 1. The second-order valence-electron chi connectivity index (χ2n) is 7.39. The maximum Gasteiger partial charge on any atom is 0.416 e. The Labute approximate surface area is 186 Å². The van der Waals surface area contributed by atoms with Crippen molar-refractivity contribution in [2.75, 3.05) is 6.54 Å². The van der Waals surface area contributed by atoms with Gasteiger partial charge in [0.2, 0.25) is 0 Å². The molecule has 3 heterocycles. The fourth-order valence-electron chi connectivity index (χ4n) is 3.58. The molecule has 0 radical (unpaired) electrons. The van der Waals surface area contributed by atoms with Crippen molar-refractivity contribution < 1.29 is 22.8 Å². The Morgan fingerprint density at radius 3 is 2.61 bits per heavy atom. The number of ketones is 1. The Balaban J connectivity index is 1.49. The van der Waals surface area contributed by atoms with Crippen LogP contribution >= 0.6 is 0 Å². The van der Waals surface area contributed by atoms with Crippen LogP contribution in [0.4, 0.5) is 13.2 Å². The van der Waals surface area contributed by atoms with Gasteiger partial charge in [0.15, 0.2) is 5.65 Å². The van der Waals surface area contributed by atoms with Gasteiger partial charge in [0, 0.05) is 19.2 Å². The van der Waals surface area contributed by atoms with Gasteiger partial charge in [-0.1, -0.05) is 12.1 Å². The third kappa shape index (κ3) is 4.34. The zero-order chi connectivity index (χ0) is 23.8. The van der Waals surface area contributed by atoms with Crippen molar-refractivity contribution in [2.45, 2.75) is 26.4 Å². The quantitative estimate of drug-likeness (QED) is 0.356. The molecule has 11 heteroatoms. The van der Waals surface area contributed by atoms with Gasteiger partial charge >= 0.3 is 6.18 Å². The van der Waals surface area contributed by atoms with E-state index in [9.17, 15) is 22.8 Å². The van der Waals surface area contributed by atoms with Gasteiger partial charge in [0.25, 0.3) is 11.7 Å². The molecule has 0 saturated carbocycles. The summed E-state index contributed by atoms with van der Waals surface area (Å²) in [5.41, 5.74) is 0.549. The van der Waals surface area contributed by atoms with Crippen LogP contribution in [0, 0.1) is 13.8 Å². The third-order valence-electron chi connectivity index (χ3n) is 5.16. The molecule has 0 atom stereocenters. The van der Waals surface area contributed by atoms with Gasteiger partial charge in [-0.05, 0) is 44.2 Å². The van der Waals surface area contributed by atoms with Crippen molar-refractivity contribution in [3.63, 3.8) is 0 Å². The van der Waals surface area contributed by atoms with E-state index in [4.69, 9.17) is 0 Å². The summed E-state index contributed by atoms with van der Waals surface area (Å²) >= 11 is 0. The lowest BCUT2D eigenvalue weighted by molar-refractivity contribution is -0.137. The summed E-state index contributed by atoms with van der Waals surface area (Å²) in [4.78, 5) is 25.3. The van der Waals surface area contributed by atoms with Gasteiger partial charge in [0.05, 0.1) is 28.2 Å². The summed E-state index contributed by atoms with van der Waals surface area (Å²) in [6.45, 7) is 3.21. The number of hydrogen-bond donors (Lipinski definition) is 1. The second-order valence-corrected chi connectivity index (χ2v) is 7.39. The molecule has 0 aliphatic carbocycles. The Morgan fingerprint density at radius 2 is 1.85 bits per heavy atom. The Hall–Kier alpha value is -4.02. The number of hydrogen-bond acceptors (Lipinski definition) is 5. The molecule has 3 aromatic heterocycles. The number of benzene rings is 1. The first kappa shape index (κ1) is 22.2. The van der Waals surface area contributed by atoms with E-state index in [1.54, 1.807) is 16.7 Å². The number of aryl methyl sites for hydroxylation is 1. The normalized spacial score (nSPS) is 11.7. The topological polar surface area (TPSA) is 94.2 Å². The van der Waals surface area contributed by atoms with Crippen LogP contribution < -0.4 is 5.32 Å². The maximum absolute atomic E-state index is 13.1. The van der Waals surface area contributed by atoms with Crippen molar-refractivity contribution in [3.8, 4) is 5.69 Å². The monoisotopic (exact) mass is 456 g/mol. The number of alkyl halides is 3. The smallest absolute Gasteiger partial charge is 0.349 e. The third-order valence-corrected chi connectivity index (χ3v) is 5.16. The first-order chi connectivity index (χ1) is 15.7. The molecule has 0 fully saturated rings. The van der Waals surface area contributed by atoms with E-state index in [-0.39, 0.29) is 29.2 Å². The Morgan fingerprint density at radius 1 is 1.06 bits per heavy atom. The number of amides is 1. The van der Waals surface area contributed by atoms with Crippen LogP contribution in [-0.2, 0) is 17.4 Å². The number of carbonyl (C=O) groups is 2. The zero-order valence-electron chi connectivity index (χ0n) is 17.7. The molecule has 0 bridgehead atoms. The van der Waals surface area contributed by atoms with Crippen molar-refractivity contribution in [3.05, 3.63) is 77.0 Å². The van der Waals surface area contributed by atoms with Crippen LogP contribution in [0.5, 0.6) is 0 Å². The van der Waals surface area contributed by atoms with Gasteiger partial charge in [-0.3, -0.25) is 14.0 Å². The summed E-state index contributed by atoms with van der Waals surface area (Å²) in [5.74, 6) is -1.02. The molecule has 0 aliphatic heterocycles. The number of Topliss-reactive ketones (excluding diaryl/α,β-unsaturated/α-hetero) is 1. The highest BCUT2D eigenvalue weighted by atomic mass is 19.4. The number of halogens is 3. The minimum atomic E-state index is -4.51. The van der Waals surface area contributed by atoms with Crippen LogP contribution in [-0.4, -0.2) is 42.6 Å². The van der Waals surface area contributed by atoms with Crippen LogP contribution in [0.25, 0.3) is 11.3 Å². The number of nitrogens with one attached hydrogen (secondary N) is 1. The molecule has 1 amide bonds. The maximum atomic E-state index is 13.1. The van der Waals surface area contributed by atoms with E-state index in [0.717, 1.165) is 12.1 Å². The van der Waals surface area contributed by atoms with E-state index in [1.807, 2.05) is 12.1 Å². The number of carbonyl (C=O) groups excluding carboxylic acids is 2. The molecule has 33 heavy (non-hydrogen) atoms. The lowest BCUT2D eigenvalue weighted by Gasteiger charge is -2.10. The predicted octanol–water partition coefficient (Wildman–Crippen LogP) is 3.09. The first-order valence-corrected chi connectivity index (χ1v) is 10.0. The highest BCUT2D eigenvalue weighted by Crippen LogP contribution is 2.31. The lowest BCUT2D eigenvalue weighted by Crippen LogP contribution is -2.33. The SMILES string of the molecule is Cc1nn(-c2cccc(C(F)(F)F)c2)c(C)c1C(=O)C(=O)NCCc1nnc2ccccn12. The van der Waals surface area contributed by atoms with E-state index in [1.165, 1.54) is 30.7 Å². The molecule has 0 unspecified atom stereocenters. The van der Waals surface area contributed by atoms with Crippen molar-refractivity contribution >= 4 is 17.3 Å².